The van der Waals surface area contributed by atoms with Crippen LogP contribution >= 0.6 is 0 Å². The number of carbonyl (C=O) groups is 3. The normalized spacial score (nSPS) is 10.6. The van der Waals surface area contributed by atoms with Crippen LogP contribution in [0.3, 0.4) is 0 Å². The van der Waals surface area contributed by atoms with Crippen LogP contribution in [0.15, 0.2) is 97.1 Å². The smallest absolute Gasteiger partial charge is 0.305 e. The molecule has 0 atom stereocenters. The molecular weight excluding hydrogens is 528 g/mol. The SMILES string of the molecule is CCOc1ccccc1CCN(CCC(=O)O)C(=O)c1ccccc1-c1ccccc1C(=O)NCc1cccc(C)c1. The highest BCUT2D eigenvalue weighted by atomic mass is 16.5. The van der Waals surface area contributed by atoms with Crippen LogP contribution in [0.2, 0.25) is 0 Å². The van der Waals surface area contributed by atoms with Gasteiger partial charge in [0.25, 0.3) is 11.8 Å². The Kier molecular flexibility index (Phi) is 10.5. The van der Waals surface area contributed by atoms with Crippen molar-refractivity contribution in [3.05, 3.63) is 125 Å². The maximum atomic E-state index is 14.0. The Hall–Kier alpha value is -4.91. The quantitative estimate of drug-likeness (QED) is 0.203. The summed E-state index contributed by atoms with van der Waals surface area (Å²) in [6.07, 6.45) is 0.320. The van der Waals surface area contributed by atoms with Crippen molar-refractivity contribution in [3.63, 3.8) is 0 Å². The minimum absolute atomic E-state index is 0.0535. The molecule has 0 aliphatic carbocycles. The number of carboxylic acids is 1. The number of benzene rings is 4. The predicted octanol–water partition coefficient (Wildman–Crippen LogP) is 6.15. The van der Waals surface area contributed by atoms with E-state index >= 15 is 0 Å². The molecule has 42 heavy (non-hydrogen) atoms. The highest BCUT2D eigenvalue weighted by Gasteiger charge is 2.23. The van der Waals surface area contributed by atoms with Gasteiger partial charge in [-0.25, -0.2) is 0 Å². The fraction of sp³-hybridized carbons (Fsp3) is 0.229. The molecule has 7 nitrogen and oxygen atoms in total. The van der Waals surface area contributed by atoms with Crippen molar-refractivity contribution in [1.82, 2.24) is 10.2 Å². The number of hydrogen-bond donors (Lipinski definition) is 2. The Balaban J connectivity index is 1.61. The largest absolute Gasteiger partial charge is 0.494 e. The Morgan fingerprint density at radius 1 is 0.810 bits per heavy atom. The molecule has 0 aromatic heterocycles. The zero-order valence-corrected chi connectivity index (χ0v) is 24.0. The summed E-state index contributed by atoms with van der Waals surface area (Å²) >= 11 is 0. The molecule has 0 saturated carbocycles. The van der Waals surface area contributed by atoms with Gasteiger partial charge in [-0.05, 0) is 60.7 Å². The highest BCUT2D eigenvalue weighted by Crippen LogP contribution is 2.29. The summed E-state index contributed by atoms with van der Waals surface area (Å²) in [6.45, 7) is 5.18. The number of aliphatic carboxylic acids is 1. The molecule has 0 fully saturated rings. The molecule has 0 saturated heterocycles. The summed E-state index contributed by atoms with van der Waals surface area (Å²) in [5, 5.41) is 12.4. The molecule has 0 radical (unpaired) electrons. The van der Waals surface area contributed by atoms with Crippen molar-refractivity contribution in [3.8, 4) is 16.9 Å². The van der Waals surface area contributed by atoms with E-state index in [1.807, 2.05) is 86.6 Å². The van der Waals surface area contributed by atoms with Crippen LogP contribution in [0, 0.1) is 6.92 Å². The lowest BCUT2D eigenvalue weighted by atomic mass is 9.94. The lowest BCUT2D eigenvalue weighted by molar-refractivity contribution is -0.137. The summed E-state index contributed by atoms with van der Waals surface area (Å²) in [5.74, 6) is -0.775. The van der Waals surface area contributed by atoms with E-state index in [-0.39, 0.29) is 24.8 Å². The number of ether oxygens (including phenoxy) is 1. The topological polar surface area (TPSA) is 95.9 Å². The number of nitrogens with zero attached hydrogens (tertiary/aromatic N) is 1. The second kappa shape index (κ2) is 14.6. The maximum Gasteiger partial charge on any atom is 0.305 e. The first-order valence-corrected chi connectivity index (χ1v) is 14.1. The minimum Gasteiger partial charge on any atom is -0.494 e. The summed E-state index contributed by atoms with van der Waals surface area (Å²) < 4.78 is 5.74. The van der Waals surface area contributed by atoms with Crippen molar-refractivity contribution in [1.29, 1.82) is 0 Å². The Morgan fingerprint density at radius 3 is 2.19 bits per heavy atom. The number of nitrogens with one attached hydrogen (secondary N) is 1. The molecule has 216 valence electrons. The molecule has 0 unspecified atom stereocenters. The number of hydrogen-bond acceptors (Lipinski definition) is 4. The predicted molar refractivity (Wildman–Crippen MR) is 164 cm³/mol. The Labute approximate surface area is 246 Å². The van der Waals surface area contributed by atoms with Gasteiger partial charge in [-0.15, -0.1) is 0 Å². The van der Waals surface area contributed by atoms with Gasteiger partial charge < -0.3 is 20.1 Å². The summed E-state index contributed by atoms with van der Waals surface area (Å²) in [7, 11) is 0. The van der Waals surface area contributed by atoms with Crippen LogP contribution in [-0.2, 0) is 17.8 Å². The first-order valence-electron chi connectivity index (χ1n) is 14.1. The van der Waals surface area contributed by atoms with E-state index in [0.29, 0.717) is 48.4 Å². The molecule has 4 aromatic carbocycles. The summed E-state index contributed by atoms with van der Waals surface area (Å²) in [6, 6.07) is 29.9. The third-order valence-corrected chi connectivity index (χ3v) is 6.96. The standard InChI is InChI=1S/C35H36N2O5/c1-3-42-32-18-9-4-13-27(32)19-21-37(22-20-33(38)39)35(41)31-17-8-6-15-29(31)28-14-5-7-16-30(28)34(40)36-24-26-12-10-11-25(2)23-26/h4-18,23H,3,19-22,24H2,1-2H3,(H,36,40)(H,38,39). The van der Waals surface area contributed by atoms with Crippen molar-refractivity contribution < 1.29 is 24.2 Å². The first-order chi connectivity index (χ1) is 20.4. The zero-order valence-electron chi connectivity index (χ0n) is 24.0. The molecule has 2 N–H and O–H groups in total. The van der Waals surface area contributed by atoms with E-state index in [0.717, 1.165) is 22.4 Å². The number of amides is 2. The third kappa shape index (κ3) is 7.85. The molecular formula is C35H36N2O5. The highest BCUT2D eigenvalue weighted by molar-refractivity contribution is 6.06. The van der Waals surface area contributed by atoms with E-state index in [1.54, 1.807) is 29.2 Å². The van der Waals surface area contributed by atoms with Gasteiger partial charge in [-0.1, -0.05) is 84.4 Å². The van der Waals surface area contributed by atoms with E-state index in [1.165, 1.54) is 0 Å². The maximum absolute atomic E-state index is 14.0. The monoisotopic (exact) mass is 564 g/mol. The Bertz CT molecular complexity index is 1550. The number of rotatable bonds is 13. The van der Waals surface area contributed by atoms with Crippen LogP contribution in [0.5, 0.6) is 5.75 Å². The van der Waals surface area contributed by atoms with Gasteiger partial charge in [0, 0.05) is 30.8 Å². The zero-order chi connectivity index (χ0) is 29.9. The third-order valence-electron chi connectivity index (χ3n) is 6.96. The second-order valence-corrected chi connectivity index (χ2v) is 9.99. The van der Waals surface area contributed by atoms with Crippen molar-refractivity contribution >= 4 is 17.8 Å². The van der Waals surface area contributed by atoms with Gasteiger partial charge in [0.05, 0.1) is 13.0 Å². The fourth-order valence-electron chi connectivity index (χ4n) is 4.90. The van der Waals surface area contributed by atoms with E-state index in [2.05, 4.69) is 5.32 Å². The average Bonchev–Trinajstić information content (AvgIpc) is 3.00. The van der Waals surface area contributed by atoms with E-state index in [9.17, 15) is 19.5 Å². The molecule has 0 aliphatic rings. The lowest BCUT2D eigenvalue weighted by Crippen LogP contribution is -2.35. The van der Waals surface area contributed by atoms with Crippen LogP contribution in [0.4, 0.5) is 0 Å². The molecule has 0 aliphatic heterocycles. The van der Waals surface area contributed by atoms with Crippen LogP contribution < -0.4 is 10.1 Å². The van der Waals surface area contributed by atoms with Gasteiger partial charge in [0.1, 0.15) is 5.75 Å². The number of aryl methyl sites for hydroxylation is 1. The number of carboxylic acid groups (broad SMARTS) is 1. The summed E-state index contributed by atoms with van der Waals surface area (Å²) in [5.41, 5.74) is 5.14. The summed E-state index contributed by atoms with van der Waals surface area (Å²) in [4.78, 5) is 40.4. The van der Waals surface area contributed by atoms with Crippen LogP contribution in [0.1, 0.15) is 50.8 Å². The van der Waals surface area contributed by atoms with Gasteiger partial charge in [0.15, 0.2) is 0 Å². The second-order valence-electron chi connectivity index (χ2n) is 9.99. The van der Waals surface area contributed by atoms with Crippen LogP contribution in [0.25, 0.3) is 11.1 Å². The van der Waals surface area contributed by atoms with Crippen molar-refractivity contribution in [2.24, 2.45) is 0 Å². The first kappa shape index (κ1) is 30.1. The fourth-order valence-corrected chi connectivity index (χ4v) is 4.90. The molecule has 0 spiro atoms. The molecule has 4 aromatic rings. The van der Waals surface area contributed by atoms with Gasteiger partial charge >= 0.3 is 5.97 Å². The molecule has 4 rings (SSSR count). The minimum atomic E-state index is -0.980. The van der Waals surface area contributed by atoms with Gasteiger partial charge in [-0.2, -0.15) is 0 Å². The lowest BCUT2D eigenvalue weighted by Gasteiger charge is -2.24. The molecule has 2 amide bonds. The van der Waals surface area contributed by atoms with E-state index in [4.69, 9.17) is 4.74 Å². The molecule has 0 heterocycles. The van der Waals surface area contributed by atoms with Crippen molar-refractivity contribution in [2.45, 2.75) is 33.2 Å². The average molecular weight is 565 g/mol. The number of carbonyl (C=O) groups excluding carboxylic acids is 2. The van der Waals surface area contributed by atoms with Crippen LogP contribution in [-0.4, -0.2) is 47.5 Å². The number of para-hydroxylation sites is 1. The van der Waals surface area contributed by atoms with Gasteiger partial charge in [-0.3, -0.25) is 14.4 Å². The molecule has 0 bridgehead atoms. The Morgan fingerprint density at radius 2 is 1.48 bits per heavy atom. The van der Waals surface area contributed by atoms with Gasteiger partial charge in [0.2, 0.25) is 0 Å². The van der Waals surface area contributed by atoms with E-state index < -0.39 is 5.97 Å². The van der Waals surface area contributed by atoms with Crippen molar-refractivity contribution in [2.75, 3.05) is 19.7 Å². The molecule has 7 heteroatoms.